The molecular weight excluding hydrogens is 312 g/mol. The van der Waals surface area contributed by atoms with Crippen molar-refractivity contribution in [1.29, 1.82) is 0 Å². The lowest BCUT2D eigenvalue weighted by Gasteiger charge is -2.23. The molecule has 2 rings (SSSR count). The minimum atomic E-state index is -0.364. The number of amides is 2. The molecule has 24 heavy (non-hydrogen) atoms. The molecule has 0 spiro atoms. The number of nitrogens with one attached hydrogen (secondary N) is 1. The second-order valence-corrected chi connectivity index (χ2v) is 5.50. The maximum Gasteiger partial charge on any atom is 0.249 e. The molecule has 0 radical (unpaired) electrons. The lowest BCUT2D eigenvalue weighted by molar-refractivity contribution is -0.130. The highest BCUT2D eigenvalue weighted by Crippen LogP contribution is 2.31. The number of benzene rings is 1. The Hall–Kier alpha value is -2.28. The van der Waals surface area contributed by atoms with E-state index in [0.29, 0.717) is 36.9 Å². The fourth-order valence-electron chi connectivity index (χ4n) is 2.65. The van der Waals surface area contributed by atoms with Gasteiger partial charge in [-0.15, -0.1) is 0 Å². The van der Waals surface area contributed by atoms with E-state index in [0.717, 1.165) is 12.8 Å². The quantitative estimate of drug-likeness (QED) is 0.813. The SMILES string of the molecule is COc1ccc(N(CCNC(=O)C2CCCO2)C(C)=O)cc1OC. The van der Waals surface area contributed by atoms with Crippen LogP contribution in [0.1, 0.15) is 19.8 Å². The summed E-state index contributed by atoms with van der Waals surface area (Å²) in [7, 11) is 3.10. The molecule has 1 atom stereocenters. The molecule has 0 saturated carbocycles. The van der Waals surface area contributed by atoms with Gasteiger partial charge in [-0.25, -0.2) is 0 Å². The number of methoxy groups -OCH3 is 2. The minimum Gasteiger partial charge on any atom is -0.493 e. The third-order valence-electron chi connectivity index (χ3n) is 3.92. The first-order valence-corrected chi connectivity index (χ1v) is 7.96. The van der Waals surface area contributed by atoms with E-state index in [9.17, 15) is 9.59 Å². The summed E-state index contributed by atoms with van der Waals surface area (Å²) in [6.07, 6.45) is 1.29. The average Bonchev–Trinajstić information content (AvgIpc) is 3.12. The summed E-state index contributed by atoms with van der Waals surface area (Å²) in [4.78, 5) is 25.5. The zero-order valence-electron chi connectivity index (χ0n) is 14.3. The lowest BCUT2D eigenvalue weighted by atomic mass is 10.2. The number of anilines is 1. The van der Waals surface area contributed by atoms with Crippen LogP contribution in [0.25, 0.3) is 0 Å². The fourth-order valence-corrected chi connectivity index (χ4v) is 2.65. The predicted octanol–water partition coefficient (Wildman–Crippen LogP) is 1.35. The highest BCUT2D eigenvalue weighted by molar-refractivity contribution is 5.92. The van der Waals surface area contributed by atoms with E-state index in [2.05, 4.69) is 5.32 Å². The van der Waals surface area contributed by atoms with Crippen LogP contribution in [0.3, 0.4) is 0 Å². The van der Waals surface area contributed by atoms with Crippen molar-refractivity contribution >= 4 is 17.5 Å². The van der Waals surface area contributed by atoms with Gasteiger partial charge in [-0.2, -0.15) is 0 Å². The molecule has 0 bridgehead atoms. The molecule has 1 aromatic rings. The fraction of sp³-hybridized carbons (Fsp3) is 0.529. The highest BCUT2D eigenvalue weighted by atomic mass is 16.5. The number of hydrogen-bond donors (Lipinski definition) is 1. The molecule has 1 aliphatic heterocycles. The van der Waals surface area contributed by atoms with Crippen molar-refractivity contribution in [1.82, 2.24) is 5.32 Å². The van der Waals surface area contributed by atoms with Crippen molar-refractivity contribution < 1.29 is 23.8 Å². The Balaban J connectivity index is 1.99. The average molecular weight is 336 g/mol. The number of nitrogens with zero attached hydrogens (tertiary/aromatic N) is 1. The number of ether oxygens (including phenoxy) is 3. The Bertz CT molecular complexity index is 584. The van der Waals surface area contributed by atoms with Crippen molar-refractivity contribution in [3.05, 3.63) is 18.2 Å². The number of rotatable bonds is 7. The molecule has 1 saturated heterocycles. The summed E-state index contributed by atoms with van der Waals surface area (Å²) in [5.74, 6) is 0.901. The van der Waals surface area contributed by atoms with Gasteiger partial charge in [0, 0.05) is 38.4 Å². The lowest BCUT2D eigenvalue weighted by Crippen LogP contribution is -2.41. The molecule has 1 heterocycles. The first kappa shape index (κ1) is 18.1. The summed E-state index contributed by atoms with van der Waals surface area (Å²) in [5, 5.41) is 2.82. The summed E-state index contributed by atoms with van der Waals surface area (Å²) >= 11 is 0. The van der Waals surface area contributed by atoms with Crippen LogP contribution < -0.4 is 19.7 Å². The molecule has 1 N–H and O–H groups in total. The Morgan fingerprint density at radius 3 is 2.62 bits per heavy atom. The van der Waals surface area contributed by atoms with Crippen LogP contribution in [0.2, 0.25) is 0 Å². The largest absolute Gasteiger partial charge is 0.493 e. The first-order chi connectivity index (χ1) is 11.6. The second kappa shape index (κ2) is 8.54. The Morgan fingerprint density at radius 1 is 1.29 bits per heavy atom. The monoisotopic (exact) mass is 336 g/mol. The zero-order valence-corrected chi connectivity index (χ0v) is 14.3. The Morgan fingerprint density at radius 2 is 2.04 bits per heavy atom. The Labute approximate surface area is 141 Å². The van der Waals surface area contributed by atoms with Crippen molar-refractivity contribution in [2.75, 3.05) is 38.8 Å². The van der Waals surface area contributed by atoms with E-state index in [1.807, 2.05) is 0 Å². The van der Waals surface area contributed by atoms with Crippen LogP contribution in [0.4, 0.5) is 5.69 Å². The normalized spacial score (nSPS) is 16.5. The van der Waals surface area contributed by atoms with Crippen molar-refractivity contribution in [2.24, 2.45) is 0 Å². The van der Waals surface area contributed by atoms with Gasteiger partial charge in [0.25, 0.3) is 0 Å². The van der Waals surface area contributed by atoms with Crippen LogP contribution in [0.5, 0.6) is 11.5 Å². The third kappa shape index (κ3) is 4.38. The number of hydrogen-bond acceptors (Lipinski definition) is 5. The summed E-state index contributed by atoms with van der Waals surface area (Å²) in [6.45, 7) is 2.83. The maximum atomic E-state index is 11.9. The van der Waals surface area contributed by atoms with Crippen molar-refractivity contribution in [3.63, 3.8) is 0 Å². The topological polar surface area (TPSA) is 77.1 Å². The number of carbonyl (C=O) groups excluding carboxylic acids is 2. The summed E-state index contributed by atoms with van der Waals surface area (Å²) < 4.78 is 15.8. The van der Waals surface area contributed by atoms with E-state index in [-0.39, 0.29) is 17.9 Å². The van der Waals surface area contributed by atoms with Crippen LogP contribution in [0.15, 0.2) is 18.2 Å². The van der Waals surface area contributed by atoms with Crippen molar-refractivity contribution in [2.45, 2.75) is 25.9 Å². The standard InChI is InChI=1S/C17H24N2O5/c1-12(20)19(9-8-18-17(21)15-5-4-10-24-15)13-6-7-14(22-2)16(11-13)23-3/h6-7,11,15H,4-5,8-10H2,1-3H3,(H,18,21). The van der Waals surface area contributed by atoms with Gasteiger partial charge in [0.05, 0.1) is 14.2 Å². The van der Waals surface area contributed by atoms with Crippen LogP contribution in [-0.2, 0) is 14.3 Å². The zero-order chi connectivity index (χ0) is 17.5. The van der Waals surface area contributed by atoms with Gasteiger partial charge in [0.2, 0.25) is 11.8 Å². The van der Waals surface area contributed by atoms with Gasteiger partial charge in [-0.3, -0.25) is 9.59 Å². The van der Waals surface area contributed by atoms with Crippen LogP contribution >= 0.6 is 0 Å². The molecule has 132 valence electrons. The van der Waals surface area contributed by atoms with E-state index in [4.69, 9.17) is 14.2 Å². The van der Waals surface area contributed by atoms with Crippen LogP contribution in [-0.4, -0.2) is 51.8 Å². The first-order valence-electron chi connectivity index (χ1n) is 7.96. The summed E-state index contributed by atoms with van der Waals surface area (Å²) in [6, 6.07) is 5.27. The molecular formula is C17H24N2O5. The molecule has 7 heteroatoms. The molecule has 7 nitrogen and oxygen atoms in total. The molecule has 1 aliphatic rings. The smallest absolute Gasteiger partial charge is 0.249 e. The van der Waals surface area contributed by atoms with E-state index >= 15 is 0 Å². The Kier molecular flexibility index (Phi) is 6.43. The van der Waals surface area contributed by atoms with Gasteiger partial charge in [0.15, 0.2) is 11.5 Å². The van der Waals surface area contributed by atoms with Gasteiger partial charge >= 0.3 is 0 Å². The molecule has 2 amide bonds. The molecule has 1 aromatic carbocycles. The molecule has 1 unspecified atom stereocenters. The molecule has 0 aliphatic carbocycles. The maximum absolute atomic E-state index is 11.9. The highest BCUT2D eigenvalue weighted by Gasteiger charge is 2.23. The van der Waals surface area contributed by atoms with Crippen LogP contribution in [0, 0.1) is 0 Å². The van der Waals surface area contributed by atoms with Gasteiger partial charge in [-0.05, 0) is 25.0 Å². The third-order valence-corrected chi connectivity index (χ3v) is 3.92. The van der Waals surface area contributed by atoms with E-state index in [1.165, 1.54) is 6.92 Å². The minimum absolute atomic E-state index is 0.117. The van der Waals surface area contributed by atoms with E-state index < -0.39 is 0 Å². The second-order valence-electron chi connectivity index (χ2n) is 5.50. The molecule has 1 fully saturated rings. The summed E-state index contributed by atoms with van der Waals surface area (Å²) in [5.41, 5.74) is 0.687. The van der Waals surface area contributed by atoms with Gasteiger partial charge in [0.1, 0.15) is 6.10 Å². The van der Waals surface area contributed by atoms with Crippen molar-refractivity contribution in [3.8, 4) is 11.5 Å². The number of carbonyl (C=O) groups is 2. The van der Waals surface area contributed by atoms with Gasteiger partial charge < -0.3 is 24.4 Å². The molecule has 0 aromatic heterocycles. The van der Waals surface area contributed by atoms with Gasteiger partial charge in [-0.1, -0.05) is 0 Å². The predicted molar refractivity (Wildman–Crippen MR) is 89.6 cm³/mol. The van der Waals surface area contributed by atoms with E-state index in [1.54, 1.807) is 37.3 Å².